The lowest BCUT2D eigenvalue weighted by Crippen LogP contribution is -2.50. The van der Waals surface area contributed by atoms with E-state index in [4.69, 9.17) is 0 Å². The average molecular weight is 369 g/mol. The lowest BCUT2D eigenvalue weighted by Gasteiger charge is -2.34. The molecular weight excluding hydrogens is 320 g/mol. The van der Waals surface area contributed by atoms with Crippen LogP contribution >= 0.6 is 0 Å². The molecule has 4 nitrogen and oxygen atoms in total. The molecule has 0 aromatic heterocycles. The van der Waals surface area contributed by atoms with Crippen molar-refractivity contribution in [3.05, 3.63) is 0 Å². The second kappa shape index (κ2) is 14.8. The van der Waals surface area contributed by atoms with Crippen molar-refractivity contribution in [3.63, 3.8) is 0 Å². The van der Waals surface area contributed by atoms with Crippen molar-refractivity contribution < 1.29 is 0 Å². The lowest BCUT2D eigenvalue weighted by molar-refractivity contribution is 0.0352. The van der Waals surface area contributed by atoms with Crippen molar-refractivity contribution in [2.45, 2.75) is 129 Å². The molecule has 0 spiro atoms. The second-order valence-corrected chi connectivity index (χ2v) is 8.92. The summed E-state index contributed by atoms with van der Waals surface area (Å²) >= 11 is 0. The van der Waals surface area contributed by atoms with Crippen molar-refractivity contribution in [3.8, 4) is 0 Å². The molecule has 1 heterocycles. The number of hydrogen-bond acceptors (Lipinski definition) is 4. The number of hydrogen-bond donors (Lipinski definition) is 2. The van der Waals surface area contributed by atoms with Crippen LogP contribution in [0.3, 0.4) is 0 Å². The summed E-state index contributed by atoms with van der Waals surface area (Å²) in [7, 11) is 2.02. The minimum absolute atomic E-state index is 0.217. The Morgan fingerprint density at radius 1 is 0.692 bits per heavy atom. The SMILES string of the molecule is CCCCCCCCCCCCCCCCCC(C)(C)N1CNN(C)N1. The molecule has 0 radical (unpaired) electrons. The van der Waals surface area contributed by atoms with Crippen molar-refractivity contribution in [1.82, 2.24) is 21.1 Å². The quantitative estimate of drug-likeness (QED) is 0.301. The first-order valence-corrected chi connectivity index (χ1v) is 11.6. The van der Waals surface area contributed by atoms with E-state index in [1.807, 2.05) is 12.2 Å². The molecule has 156 valence electrons. The number of nitrogens with zero attached hydrogens (tertiary/aromatic N) is 2. The summed E-state index contributed by atoms with van der Waals surface area (Å²) in [6.45, 7) is 7.86. The molecule has 1 aliphatic heterocycles. The van der Waals surface area contributed by atoms with E-state index in [9.17, 15) is 0 Å². The first kappa shape index (κ1) is 23.9. The van der Waals surface area contributed by atoms with Gasteiger partial charge in [-0.2, -0.15) is 10.7 Å². The molecule has 1 fully saturated rings. The van der Waals surface area contributed by atoms with Crippen LogP contribution in [0.15, 0.2) is 0 Å². The van der Waals surface area contributed by atoms with Crippen molar-refractivity contribution in [2.24, 2.45) is 0 Å². The van der Waals surface area contributed by atoms with Crippen LogP contribution in [0, 0.1) is 0 Å². The van der Waals surface area contributed by atoms with E-state index in [1.54, 1.807) is 0 Å². The fraction of sp³-hybridized carbons (Fsp3) is 1.00. The van der Waals surface area contributed by atoms with Crippen molar-refractivity contribution in [1.29, 1.82) is 0 Å². The molecule has 1 rings (SSSR count). The summed E-state index contributed by atoms with van der Waals surface area (Å²) in [5.41, 5.74) is 6.85. The van der Waals surface area contributed by atoms with Gasteiger partial charge in [0.25, 0.3) is 0 Å². The first-order chi connectivity index (χ1) is 12.6. The van der Waals surface area contributed by atoms with Gasteiger partial charge in [-0.1, -0.05) is 103 Å². The first-order valence-electron chi connectivity index (χ1n) is 11.6. The van der Waals surface area contributed by atoms with Gasteiger partial charge in [-0.3, -0.25) is 0 Å². The van der Waals surface area contributed by atoms with Gasteiger partial charge in [-0.25, -0.2) is 10.4 Å². The summed E-state index contributed by atoms with van der Waals surface area (Å²) < 4.78 is 0. The molecule has 0 saturated carbocycles. The van der Waals surface area contributed by atoms with Crippen molar-refractivity contribution >= 4 is 0 Å². The molecule has 4 heteroatoms. The Kier molecular flexibility index (Phi) is 13.6. The molecule has 0 atom stereocenters. The highest BCUT2D eigenvalue weighted by atomic mass is 15.9. The Bertz CT molecular complexity index is 319. The van der Waals surface area contributed by atoms with E-state index in [0.29, 0.717) is 0 Å². The van der Waals surface area contributed by atoms with Crippen LogP contribution in [0.5, 0.6) is 0 Å². The third kappa shape index (κ3) is 11.5. The Balaban J connectivity index is 1.81. The summed E-state index contributed by atoms with van der Waals surface area (Å²) in [6, 6.07) is 0. The highest BCUT2D eigenvalue weighted by Crippen LogP contribution is 2.22. The Labute approximate surface area is 164 Å². The zero-order valence-corrected chi connectivity index (χ0v) is 18.4. The minimum Gasteiger partial charge on any atom is -0.225 e. The standard InChI is InChI=1S/C22H48N4/c1-5-6-7-8-9-10-11-12-13-14-15-16-17-18-19-20-22(2,3)26-21-23-25(4)24-26/h23-24H,5-21H2,1-4H3. The molecule has 0 unspecified atom stereocenters. The summed E-state index contributed by atoms with van der Waals surface area (Å²) in [6.07, 6.45) is 22.8. The highest BCUT2D eigenvalue weighted by Gasteiger charge is 2.30. The van der Waals surface area contributed by atoms with E-state index >= 15 is 0 Å². The van der Waals surface area contributed by atoms with Gasteiger partial charge >= 0.3 is 0 Å². The maximum atomic E-state index is 3.35. The predicted molar refractivity (Wildman–Crippen MR) is 114 cm³/mol. The normalized spacial score (nSPS) is 16.6. The topological polar surface area (TPSA) is 30.5 Å². The number of nitrogens with one attached hydrogen (secondary N) is 2. The highest BCUT2D eigenvalue weighted by molar-refractivity contribution is 4.79. The lowest BCUT2D eigenvalue weighted by atomic mass is 9.95. The minimum atomic E-state index is 0.217. The fourth-order valence-corrected chi connectivity index (χ4v) is 3.84. The van der Waals surface area contributed by atoms with Crippen LogP contribution in [0.1, 0.15) is 124 Å². The molecule has 2 N–H and O–H groups in total. The van der Waals surface area contributed by atoms with Crippen LogP contribution in [0.2, 0.25) is 0 Å². The Hall–Kier alpha value is -0.160. The van der Waals surface area contributed by atoms with E-state index in [2.05, 4.69) is 36.7 Å². The molecular formula is C22H48N4. The molecule has 0 aliphatic carbocycles. The monoisotopic (exact) mass is 368 g/mol. The van der Waals surface area contributed by atoms with E-state index < -0.39 is 0 Å². The smallest absolute Gasteiger partial charge is 0.0787 e. The van der Waals surface area contributed by atoms with Gasteiger partial charge in [0.2, 0.25) is 0 Å². The fourth-order valence-electron chi connectivity index (χ4n) is 3.84. The summed E-state index contributed by atoms with van der Waals surface area (Å²) in [5.74, 6) is 0. The van der Waals surface area contributed by atoms with Crippen LogP contribution in [-0.4, -0.2) is 29.4 Å². The third-order valence-electron chi connectivity index (χ3n) is 5.86. The zero-order valence-electron chi connectivity index (χ0n) is 18.4. The van der Waals surface area contributed by atoms with Crippen molar-refractivity contribution in [2.75, 3.05) is 13.7 Å². The number of unbranched alkanes of at least 4 members (excludes halogenated alkanes) is 14. The maximum absolute atomic E-state index is 3.35. The van der Waals surface area contributed by atoms with E-state index in [0.717, 1.165) is 6.67 Å². The average Bonchev–Trinajstić information content (AvgIpc) is 3.06. The number of rotatable bonds is 17. The Morgan fingerprint density at radius 3 is 1.50 bits per heavy atom. The van der Waals surface area contributed by atoms with Gasteiger partial charge < -0.3 is 0 Å². The second-order valence-electron chi connectivity index (χ2n) is 8.92. The van der Waals surface area contributed by atoms with Crippen LogP contribution in [0.4, 0.5) is 0 Å². The Morgan fingerprint density at radius 2 is 1.12 bits per heavy atom. The molecule has 0 aromatic rings. The van der Waals surface area contributed by atoms with Gasteiger partial charge in [0.1, 0.15) is 0 Å². The summed E-state index contributed by atoms with van der Waals surface area (Å²) in [5, 5.41) is 4.24. The van der Waals surface area contributed by atoms with E-state index in [1.165, 1.54) is 103 Å². The molecule has 26 heavy (non-hydrogen) atoms. The van der Waals surface area contributed by atoms with Crippen LogP contribution in [-0.2, 0) is 0 Å². The van der Waals surface area contributed by atoms with Gasteiger partial charge in [-0.15, -0.1) is 0 Å². The number of hydrazine groups is 3. The zero-order chi connectivity index (χ0) is 19.1. The van der Waals surface area contributed by atoms with Crippen LogP contribution in [0.25, 0.3) is 0 Å². The molecule has 1 aliphatic rings. The molecule has 0 aromatic carbocycles. The van der Waals surface area contributed by atoms with Gasteiger partial charge in [0, 0.05) is 12.6 Å². The molecule has 0 amide bonds. The third-order valence-corrected chi connectivity index (χ3v) is 5.86. The molecule has 0 bridgehead atoms. The predicted octanol–water partition coefficient (Wildman–Crippen LogP) is 6.16. The van der Waals surface area contributed by atoms with Gasteiger partial charge in [0.05, 0.1) is 6.67 Å². The van der Waals surface area contributed by atoms with Gasteiger partial charge in [-0.05, 0) is 20.3 Å². The summed E-state index contributed by atoms with van der Waals surface area (Å²) in [4.78, 5) is 0. The van der Waals surface area contributed by atoms with E-state index in [-0.39, 0.29) is 5.54 Å². The van der Waals surface area contributed by atoms with Crippen LogP contribution < -0.4 is 11.0 Å². The maximum Gasteiger partial charge on any atom is 0.0787 e. The van der Waals surface area contributed by atoms with Gasteiger partial charge in [0.15, 0.2) is 0 Å². The largest absolute Gasteiger partial charge is 0.225 e. The molecule has 1 saturated heterocycles.